The molecule has 0 bridgehead atoms. The van der Waals surface area contributed by atoms with Crippen molar-refractivity contribution in [3.05, 3.63) is 17.0 Å². The van der Waals surface area contributed by atoms with Crippen molar-refractivity contribution in [3.63, 3.8) is 0 Å². The van der Waals surface area contributed by atoms with E-state index in [1.54, 1.807) is 0 Å². The van der Waals surface area contributed by atoms with Gasteiger partial charge in [0.25, 0.3) is 0 Å². The number of hydrogen-bond donors (Lipinski definition) is 2. The fourth-order valence-corrected chi connectivity index (χ4v) is 1.80. The lowest BCUT2D eigenvalue weighted by molar-refractivity contribution is 0.505. The number of H-pyrrole nitrogens is 1. The Morgan fingerprint density at radius 1 is 1.64 bits per heavy atom. The van der Waals surface area contributed by atoms with Crippen molar-refractivity contribution >= 4 is 0 Å². The zero-order valence-corrected chi connectivity index (χ0v) is 6.89. The highest BCUT2D eigenvalue weighted by Gasteiger charge is 2.30. The second-order valence-electron chi connectivity index (χ2n) is 3.42. The van der Waals surface area contributed by atoms with Gasteiger partial charge in [0, 0.05) is 17.3 Å². The van der Waals surface area contributed by atoms with Gasteiger partial charge in [-0.15, -0.1) is 0 Å². The molecule has 11 heavy (non-hydrogen) atoms. The van der Waals surface area contributed by atoms with Crippen LogP contribution in [0.15, 0.2) is 0 Å². The molecule has 1 aromatic rings. The van der Waals surface area contributed by atoms with Crippen molar-refractivity contribution < 1.29 is 0 Å². The van der Waals surface area contributed by atoms with Gasteiger partial charge in [-0.25, -0.2) is 0 Å². The number of aryl methyl sites for hydroxylation is 1. The first-order valence-corrected chi connectivity index (χ1v) is 3.99. The molecule has 1 aromatic heterocycles. The van der Waals surface area contributed by atoms with Crippen LogP contribution >= 0.6 is 0 Å². The van der Waals surface area contributed by atoms with Crippen LogP contribution in [-0.2, 0) is 6.42 Å². The van der Waals surface area contributed by atoms with Crippen LogP contribution < -0.4 is 5.73 Å². The lowest BCUT2D eigenvalue weighted by Gasteiger charge is -2.09. The molecule has 0 amide bonds. The van der Waals surface area contributed by atoms with Crippen LogP contribution in [0.25, 0.3) is 0 Å². The fourth-order valence-electron chi connectivity index (χ4n) is 1.80. The summed E-state index contributed by atoms with van der Waals surface area (Å²) in [5.74, 6) is 0.556. The van der Waals surface area contributed by atoms with Crippen molar-refractivity contribution in [3.8, 4) is 0 Å². The Kier molecular flexibility index (Phi) is 1.29. The summed E-state index contributed by atoms with van der Waals surface area (Å²) >= 11 is 0. The number of hydrogen-bond acceptors (Lipinski definition) is 2. The number of aromatic nitrogens is 2. The molecule has 1 heterocycles. The van der Waals surface area contributed by atoms with Gasteiger partial charge in [-0.3, -0.25) is 5.10 Å². The molecule has 3 heteroatoms. The molecule has 0 saturated heterocycles. The van der Waals surface area contributed by atoms with Gasteiger partial charge in [0.1, 0.15) is 0 Å². The van der Waals surface area contributed by atoms with Crippen molar-refractivity contribution in [1.29, 1.82) is 0 Å². The summed E-state index contributed by atoms with van der Waals surface area (Å²) in [6.45, 7) is 4.20. The number of rotatable bonds is 0. The molecule has 1 aliphatic carbocycles. The van der Waals surface area contributed by atoms with Gasteiger partial charge >= 0.3 is 0 Å². The predicted molar refractivity (Wildman–Crippen MR) is 43.1 cm³/mol. The summed E-state index contributed by atoms with van der Waals surface area (Å²) in [5, 5.41) is 7.15. The molecule has 0 fully saturated rings. The zero-order chi connectivity index (χ0) is 8.01. The van der Waals surface area contributed by atoms with Gasteiger partial charge in [-0.2, -0.15) is 5.10 Å². The van der Waals surface area contributed by atoms with Gasteiger partial charge in [0.05, 0.1) is 5.69 Å². The molecule has 0 spiro atoms. The Hall–Kier alpha value is -0.830. The number of nitrogens with zero attached hydrogens (tertiary/aromatic N) is 1. The van der Waals surface area contributed by atoms with E-state index in [9.17, 15) is 0 Å². The molecule has 2 atom stereocenters. The molecule has 0 saturated carbocycles. The summed E-state index contributed by atoms with van der Waals surface area (Å²) in [7, 11) is 0. The van der Waals surface area contributed by atoms with E-state index in [0.717, 1.165) is 12.1 Å². The van der Waals surface area contributed by atoms with E-state index in [2.05, 4.69) is 17.1 Å². The van der Waals surface area contributed by atoms with E-state index >= 15 is 0 Å². The largest absolute Gasteiger partial charge is 0.324 e. The smallest absolute Gasteiger partial charge is 0.0676 e. The van der Waals surface area contributed by atoms with E-state index in [1.165, 1.54) is 11.3 Å². The first kappa shape index (κ1) is 6.85. The Bertz CT molecular complexity index is 277. The Morgan fingerprint density at radius 2 is 2.36 bits per heavy atom. The van der Waals surface area contributed by atoms with E-state index in [0.29, 0.717) is 5.92 Å². The molecule has 2 unspecified atom stereocenters. The Morgan fingerprint density at radius 3 is 3.00 bits per heavy atom. The zero-order valence-electron chi connectivity index (χ0n) is 6.89. The molecule has 3 nitrogen and oxygen atoms in total. The number of nitrogens with two attached hydrogens (primary N) is 1. The summed E-state index contributed by atoms with van der Waals surface area (Å²) in [6.07, 6.45) is 1.03. The lowest BCUT2D eigenvalue weighted by atomic mass is 10.0. The maximum absolute atomic E-state index is 5.98. The third-order valence-electron chi connectivity index (χ3n) is 2.54. The highest BCUT2D eigenvalue weighted by Crippen LogP contribution is 2.34. The topological polar surface area (TPSA) is 54.7 Å². The van der Waals surface area contributed by atoms with Gasteiger partial charge in [0.2, 0.25) is 0 Å². The fraction of sp³-hybridized carbons (Fsp3) is 0.625. The highest BCUT2D eigenvalue weighted by atomic mass is 15.1. The average molecular weight is 151 g/mol. The minimum atomic E-state index is 0.198. The van der Waals surface area contributed by atoms with Crippen LogP contribution in [0.2, 0.25) is 0 Å². The molecule has 60 valence electrons. The number of nitrogens with one attached hydrogen (secondary N) is 1. The Balaban J connectivity index is 2.49. The van der Waals surface area contributed by atoms with Gasteiger partial charge < -0.3 is 5.73 Å². The molecular weight excluding hydrogens is 138 g/mol. The standard InChI is InChI=1S/C8H13N3/c1-4-3-6-7(8(4)9)5(2)10-11-6/h4,8H,3,9H2,1-2H3,(H,10,11). The van der Waals surface area contributed by atoms with Crippen LogP contribution in [0, 0.1) is 12.8 Å². The second-order valence-corrected chi connectivity index (χ2v) is 3.42. The van der Waals surface area contributed by atoms with Crippen LogP contribution in [-0.4, -0.2) is 10.2 Å². The molecular formula is C8H13N3. The molecule has 1 aliphatic rings. The first-order valence-electron chi connectivity index (χ1n) is 3.99. The highest BCUT2D eigenvalue weighted by molar-refractivity contribution is 5.33. The molecule has 0 aliphatic heterocycles. The van der Waals surface area contributed by atoms with Crippen LogP contribution in [0.4, 0.5) is 0 Å². The minimum Gasteiger partial charge on any atom is -0.324 e. The van der Waals surface area contributed by atoms with E-state index in [1.807, 2.05) is 6.92 Å². The van der Waals surface area contributed by atoms with Crippen LogP contribution in [0.1, 0.15) is 29.9 Å². The monoisotopic (exact) mass is 151 g/mol. The molecule has 0 aromatic carbocycles. The minimum absolute atomic E-state index is 0.198. The number of aromatic amines is 1. The van der Waals surface area contributed by atoms with E-state index in [-0.39, 0.29) is 6.04 Å². The third-order valence-corrected chi connectivity index (χ3v) is 2.54. The number of fused-ring (bicyclic) bond motifs is 1. The van der Waals surface area contributed by atoms with E-state index < -0.39 is 0 Å². The normalized spacial score (nSPS) is 29.0. The van der Waals surface area contributed by atoms with Gasteiger partial charge in [-0.1, -0.05) is 6.92 Å². The summed E-state index contributed by atoms with van der Waals surface area (Å²) in [5.41, 5.74) is 9.53. The van der Waals surface area contributed by atoms with Crippen molar-refractivity contribution in [2.45, 2.75) is 26.3 Å². The van der Waals surface area contributed by atoms with Crippen molar-refractivity contribution in [2.24, 2.45) is 11.7 Å². The summed E-state index contributed by atoms with van der Waals surface area (Å²) in [6, 6.07) is 0.198. The van der Waals surface area contributed by atoms with Crippen LogP contribution in [0.3, 0.4) is 0 Å². The Labute approximate surface area is 66.0 Å². The quantitative estimate of drug-likeness (QED) is 0.579. The van der Waals surface area contributed by atoms with Crippen molar-refractivity contribution in [2.75, 3.05) is 0 Å². The van der Waals surface area contributed by atoms with Crippen molar-refractivity contribution in [1.82, 2.24) is 10.2 Å². The molecule has 3 N–H and O–H groups in total. The van der Waals surface area contributed by atoms with Gasteiger partial charge in [0.15, 0.2) is 0 Å². The molecule has 0 radical (unpaired) electrons. The maximum Gasteiger partial charge on any atom is 0.0676 e. The first-order chi connectivity index (χ1) is 5.20. The van der Waals surface area contributed by atoms with E-state index in [4.69, 9.17) is 5.73 Å². The molecule has 2 rings (SSSR count). The predicted octanol–water partition coefficient (Wildman–Crippen LogP) is 0.910. The SMILES string of the molecule is Cc1[nH]nc2c1C(N)C(C)C2. The average Bonchev–Trinajstić information content (AvgIpc) is 2.41. The second kappa shape index (κ2) is 2.08. The lowest BCUT2D eigenvalue weighted by Crippen LogP contribution is -2.14. The maximum atomic E-state index is 5.98. The summed E-state index contributed by atoms with van der Waals surface area (Å²) in [4.78, 5) is 0. The third kappa shape index (κ3) is 0.807. The van der Waals surface area contributed by atoms with Crippen LogP contribution in [0.5, 0.6) is 0 Å². The summed E-state index contributed by atoms with van der Waals surface area (Å²) < 4.78 is 0. The van der Waals surface area contributed by atoms with Gasteiger partial charge in [-0.05, 0) is 19.3 Å².